The van der Waals surface area contributed by atoms with Crippen LogP contribution in [0.25, 0.3) is 11.1 Å². The largest absolute Gasteiger partial charge is 0.457 e. The molecule has 2 unspecified atom stereocenters. The van der Waals surface area contributed by atoms with Crippen LogP contribution in [0.15, 0.2) is 97.1 Å². The quantitative estimate of drug-likeness (QED) is 0.170. The van der Waals surface area contributed by atoms with Crippen LogP contribution in [0, 0.1) is 0 Å². The molecule has 0 bridgehead atoms. The molecule has 2 aliphatic heterocycles. The number of fused-ring (bicyclic) bond motifs is 3. The highest BCUT2D eigenvalue weighted by atomic mass is 32.2. The Bertz CT molecular complexity index is 1950. The van der Waals surface area contributed by atoms with Crippen molar-refractivity contribution in [2.75, 3.05) is 32.1 Å². The first kappa shape index (κ1) is 35.7. The van der Waals surface area contributed by atoms with Crippen LogP contribution < -0.4 is 10.2 Å². The summed E-state index contributed by atoms with van der Waals surface area (Å²) in [5, 5.41) is 0. The van der Waals surface area contributed by atoms with Crippen molar-refractivity contribution in [3.05, 3.63) is 119 Å². The maximum Gasteiger partial charge on any atom is 0.409 e. The average molecular weight is 725 g/mol. The zero-order valence-electron chi connectivity index (χ0n) is 29.3. The van der Waals surface area contributed by atoms with Crippen molar-refractivity contribution in [2.24, 2.45) is 0 Å². The van der Waals surface area contributed by atoms with Crippen molar-refractivity contribution in [1.82, 2.24) is 10.4 Å². The number of ether oxygens (including phenoxy) is 3. The summed E-state index contributed by atoms with van der Waals surface area (Å²) in [4.78, 5) is 34.1. The maximum atomic E-state index is 14.4. The molecule has 52 heavy (non-hydrogen) atoms. The van der Waals surface area contributed by atoms with Gasteiger partial charge in [0, 0.05) is 32.0 Å². The number of carbonyl (C=O) groups excluding carboxylic acids is 2. The van der Waals surface area contributed by atoms with E-state index >= 15 is 0 Å². The molecule has 10 nitrogen and oxygen atoms in total. The van der Waals surface area contributed by atoms with Crippen LogP contribution in [-0.2, 0) is 40.1 Å². The molecule has 2 atom stereocenters. The molecule has 2 saturated heterocycles. The number of hydroxylamine groups is 1. The number of sulfone groups is 1. The molecule has 0 saturated carbocycles. The number of amides is 2. The molecule has 7 rings (SSSR count). The molecule has 0 aromatic heterocycles. The third-order valence-corrected chi connectivity index (χ3v) is 12.9. The number of benzene rings is 4. The van der Waals surface area contributed by atoms with Gasteiger partial charge in [-0.25, -0.2) is 23.5 Å². The van der Waals surface area contributed by atoms with Crippen molar-refractivity contribution < 1.29 is 37.1 Å². The van der Waals surface area contributed by atoms with Gasteiger partial charge in [-0.3, -0.25) is 4.79 Å². The summed E-state index contributed by atoms with van der Waals surface area (Å²) in [5.74, 6) is 0.106. The fraction of sp³-hybridized carbons (Fsp3) is 0.366. The Morgan fingerprint density at radius 1 is 0.865 bits per heavy atom. The number of nitrogens with zero attached hydrogens (tertiary/aromatic N) is 1. The van der Waals surface area contributed by atoms with Gasteiger partial charge in [-0.05, 0) is 83.3 Å². The predicted molar refractivity (Wildman–Crippen MR) is 196 cm³/mol. The molecule has 4 aromatic carbocycles. The van der Waals surface area contributed by atoms with Crippen molar-refractivity contribution in [2.45, 2.75) is 62.4 Å². The number of carbonyl (C=O) groups is 2. The number of hydrogen-bond donors (Lipinski definition) is 1. The van der Waals surface area contributed by atoms with Crippen LogP contribution >= 0.6 is 0 Å². The highest BCUT2D eigenvalue weighted by Crippen LogP contribution is 2.45. The molecular formula is C41H44N2O8S. The Hall–Kier alpha value is -4.71. The van der Waals surface area contributed by atoms with Gasteiger partial charge in [0.1, 0.15) is 22.9 Å². The molecule has 4 aromatic rings. The molecule has 11 heteroatoms. The van der Waals surface area contributed by atoms with Crippen molar-refractivity contribution in [3.63, 3.8) is 0 Å². The fourth-order valence-electron chi connectivity index (χ4n) is 7.49. The first-order chi connectivity index (χ1) is 25.3. The second-order valence-corrected chi connectivity index (χ2v) is 16.0. The molecule has 0 spiro atoms. The summed E-state index contributed by atoms with van der Waals surface area (Å²) in [6, 6.07) is 30.8. The lowest BCUT2D eigenvalue weighted by Gasteiger charge is -2.32. The SMILES string of the molecule is CCc1ccc(Oc2ccc(C3(CC(=O)NOC4CCCCO4)CCN(C(=O)OCC4c5ccccc5-c5ccccc54)CCS3(=O)=O)cc2)cc1. The van der Waals surface area contributed by atoms with Gasteiger partial charge in [-0.2, -0.15) is 0 Å². The molecular weight excluding hydrogens is 681 g/mol. The summed E-state index contributed by atoms with van der Waals surface area (Å²) in [5.41, 5.74) is 8.48. The Labute approximate surface area is 304 Å². The van der Waals surface area contributed by atoms with Crippen molar-refractivity contribution >= 4 is 21.8 Å². The van der Waals surface area contributed by atoms with Crippen LogP contribution in [-0.4, -0.2) is 63.7 Å². The van der Waals surface area contributed by atoms with E-state index in [1.807, 2.05) is 60.7 Å². The van der Waals surface area contributed by atoms with E-state index < -0.39 is 39.3 Å². The van der Waals surface area contributed by atoms with E-state index in [1.54, 1.807) is 24.3 Å². The van der Waals surface area contributed by atoms with E-state index in [4.69, 9.17) is 19.0 Å². The van der Waals surface area contributed by atoms with Crippen LogP contribution in [0.4, 0.5) is 4.79 Å². The average Bonchev–Trinajstić information content (AvgIpc) is 3.42. The van der Waals surface area contributed by atoms with Gasteiger partial charge in [0.2, 0.25) is 5.91 Å². The minimum absolute atomic E-state index is 0.0223. The minimum atomic E-state index is -4.01. The Morgan fingerprint density at radius 3 is 2.15 bits per heavy atom. The molecule has 2 heterocycles. The standard InChI is InChI=1S/C41H44N2O8S/c1-2-29-14-18-31(19-15-29)50-32-20-16-30(17-21-32)41(27-38(44)42-51-39-13-7-8-25-48-39)22-23-43(24-26-52(41,46)47)40(45)49-28-37-35-11-5-3-9-33(35)34-10-4-6-12-36(34)37/h3-6,9-12,14-21,37,39H,2,7-8,13,22-28H2,1H3,(H,42,44). The Kier molecular flexibility index (Phi) is 10.6. The smallest absolute Gasteiger partial charge is 0.409 e. The lowest BCUT2D eigenvalue weighted by molar-refractivity contribution is -0.200. The first-order valence-corrected chi connectivity index (χ1v) is 19.7. The van der Waals surface area contributed by atoms with Gasteiger partial charge in [-0.1, -0.05) is 79.7 Å². The third-order valence-electron chi connectivity index (χ3n) is 10.4. The number of hydrogen-bond acceptors (Lipinski definition) is 8. The molecule has 1 N–H and O–H groups in total. The van der Waals surface area contributed by atoms with Crippen molar-refractivity contribution in [3.8, 4) is 22.6 Å². The maximum absolute atomic E-state index is 14.4. The van der Waals surface area contributed by atoms with Gasteiger partial charge < -0.3 is 19.1 Å². The molecule has 2 fully saturated rings. The van der Waals surface area contributed by atoms with E-state index in [2.05, 4.69) is 24.5 Å². The van der Waals surface area contributed by atoms with Gasteiger partial charge >= 0.3 is 6.09 Å². The van der Waals surface area contributed by atoms with E-state index in [1.165, 1.54) is 10.5 Å². The van der Waals surface area contributed by atoms with E-state index in [0.717, 1.165) is 41.5 Å². The van der Waals surface area contributed by atoms with Crippen LogP contribution in [0.2, 0.25) is 0 Å². The van der Waals surface area contributed by atoms with Crippen LogP contribution in [0.3, 0.4) is 0 Å². The molecule has 272 valence electrons. The lowest BCUT2D eigenvalue weighted by Crippen LogP contribution is -2.43. The fourth-order valence-corrected chi connectivity index (χ4v) is 9.59. The lowest BCUT2D eigenvalue weighted by atomic mass is 9.90. The van der Waals surface area contributed by atoms with E-state index in [9.17, 15) is 18.0 Å². The summed E-state index contributed by atoms with van der Waals surface area (Å²) < 4.78 is 44.6. The summed E-state index contributed by atoms with van der Waals surface area (Å²) >= 11 is 0. The predicted octanol–water partition coefficient (Wildman–Crippen LogP) is 7.27. The summed E-state index contributed by atoms with van der Waals surface area (Å²) in [7, 11) is -4.01. The van der Waals surface area contributed by atoms with Gasteiger partial charge in [-0.15, -0.1) is 0 Å². The number of rotatable bonds is 10. The summed E-state index contributed by atoms with van der Waals surface area (Å²) in [6.45, 7) is 2.73. The van der Waals surface area contributed by atoms with Crippen LogP contribution in [0.5, 0.6) is 11.5 Å². The summed E-state index contributed by atoms with van der Waals surface area (Å²) in [6.07, 6.45) is 1.75. The monoisotopic (exact) mass is 724 g/mol. The van der Waals surface area contributed by atoms with E-state index in [-0.39, 0.29) is 37.8 Å². The van der Waals surface area contributed by atoms with Gasteiger partial charge in [0.05, 0.1) is 12.2 Å². The Morgan fingerprint density at radius 2 is 1.52 bits per heavy atom. The molecule has 1 aliphatic carbocycles. The Balaban J connectivity index is 1.10. The first-order valence-electron chi connectivity index (χ1n) is 18.0. The van der Waals surface area contributed by atoms with Gasteiger partial charge in [0.15, 0.2) is 16.1 Å². The zero-order valence-corrected chi connectivity index (χ0v) is 30.1. The molecule has 0 radical (unpaired) electrons. The third kappa shape index (κ3) is 7.44. The highest BCUT2D eigenvalue weighted by molar-refractivity contribution is 7.92. The molecule has 2 amide bonds. The second kappa shape index (κ2) is 15.5. The second-order valence-electron chi connectivity index (χ2n) is 13.6. The normalized spacial score (nSPS) is 21.0. The van der Waals surface area contributed by atoms with Crippen LogP contribution in [0.1, 0.15) is 67.2 Å². The number of aryl methyl sites for hydroxylation is 1. The zero-order chi connectivity index (χ0) is 36.1. The van der Waals surface area contributed by atoms with E-state index in [0.29, 0.717) is 30.1 Å². The number of nitrogens with one attached hydrogen (secondary N) is 1. The van der Waals surface area contributed by atoms with Gasteiger partial charge in [0.25, 0.3) is 0 Å². The molecule has 3 aliphatic rings. The minimum Gasteiger partial charge on any atom is -0.457 e. The topological polar surface area (TPSA) is 120 Å². The highest BCUT2D eigenvalue weighted by Gasteiger charge is 2.49. The van der Waals surface area contributed by atoms with Crippen molar-refractivity contribution in [1.29, 1.82) is 0 Å².